The van der Waals surface area contributed by atoms with Gasteiger partial charge in [0, 0.05) is 26.1 Å². The van der Waals surface area contributed by atoms with Crippen LogP contribution in [-0.2, 0) is 9.53 Å². The van der Waals surface area contributed by atoms with Crippen molar-refractivity contribution in [1.82, 2.24) is 9.80 Å². The first kappa shape index (κ1) is 17.6. The third kappa shape index (κ3) is 4.64. The largest absolute Gasteiger partial charge is 0.376 e. The number of hydrogen-bond donors (Lipinski definition) is 0. The molecule has 0 unspecified atom stereocenters. The van der Waals surface area contributed by atoms with Gasteiger partial charge in [-0.1, -0.05) is 0 Å². The summed E-state index contributed by atoms with van der Waals surface area (Å²) in [4.78, 5) is 17.1. The van der Waals surface area contributed by atoms with Gasteiger partial charge in [0.1, 0.15) is 0 Å². The van der Waals surface area contributed by atoms with E-state index in [-0.39, 0.29) is 0 Å². The number of amides is 1. The Bertz CT molecular complexity index is 390. The fourth-order valence-electron chi connectivity index (χ4n) is 4.39. The zero-order valence-corrected chi connectivity index (χ0v) is 15.4. The molecule has 0 aromatic heterocycles. The van der Waals surface area contributed by atoms with Crippen molar-refractivity contribution in [2.75, 3.05) is 51.3 Å². The molecule has 1 spiro atoms. The maximum Gasteiger partial charge on any atom is 0.222 e. The van der Waals surface area contributed by atoms with E-state index in [2.05, 4.69) is 16.1 Å². The van der Waals surface area contributed by atoms with E-state index >= 15 is 0 Å². The third-order valence-electron chi connectivity index (χ3n) is 5.94. The molecule has 132 valence electrons. The molecule has 3 rings (SSSR count). The van der Waals surface area contributed by atoms with Gasteiger partial charge in [0.25, 0.3) is 0 Å². The molecule has 1 atom stereocenters. The number of likely N-dealkylation sites (tertiary alicyclic amines) is 2. The average molecular weight is 341 g/mol. The highest BCUT2D eigenvalue weighted by Crippen LogP contribution is 2.40. The molecule has 0 aromatic carbocycles. The van der Waals surface area contributed by atoms with Gasteiger partial charge in [0.05, 0.1) is 6.10 Å². The van der Waals surface area contributed by atoms with Gasteiger partial charge >= 0.3 is 0 Å². The summed E-state index contributed by atoms with van der Waals surface area (Å²) in [5, 5.41) is 0. The van der Waals surface area contributed by atoms with Gasteiger partial charge in [-0.2, -0.15) is 11.8 Å². The lowest BCUT2D eigenvalue weighted by atomic mass is 9.72. The van der Waals surface area contributed by atoms with E-state index in [0.717, 1.165) is 45.4 Å². The second-order valence-electron chi connectivity index (χ2n) is 7.60. The molecule has 1 amide bonds. The summed E-state index contributed by atoms with van der Waals surface area (Å²) < 4.78 is 5.75. The Morgan fingerprint density at radius 3 is 2.83 bits per heavy atom. The topological polar surface area (TPSA) is 32.8 Å². The van der Waals surface area contributed by atoms with Crippen LogP contribution in [0.15, 0.2) is 0 Å². The van der Waals surface area contributed by atoms with E-state index in [1.807, 2.05) is 11.8 Å². The first-order chi connectivity index (χ1) is 11.2. The normalized spacial score (nSPS) is 28.7. The monoisotopic (exact) mass is 340 g/mol. The van der Waals surface area contributed by atoms with Crippen LogP contribution in [-0.4, -0.2) is 73.2 Å². The highest BCUT2D eigenvalue weighted by Gasteiger charge is 2.41. The summed E-state index contributed by atoms with van der Waals surface area (Å²) in [7, 11) is 0. The Morgan fingerprint density at radius 1 is 1.30 bits per heavy atom. The smallest absolute Gasteiger partial charge is 0.222 e. The predicted molar refractivity (Wildman–Crippen MR) is 95.9 cm³/mol. The lowest BCUT2D eigenvalue weighted by Crippen LogP contribution is -2.53. The van der Waals surface area contributed by atoms with Crippen LogP contribution in [0.1, 0.15) is 44.9 Å². The molecular weight excluding hydrogens is 308 g/mol. The van der Waals surface area contributed by atoms with Crippen LogP contribution in [0.25, 0.3) is 0 Å². The van der Waals surface area contributed by atoms with Crippen LogP contribution >= 0.6 is 11.8 Å². The van der Waals surface area contributed by atoms with Crippen molar-refractivity contribution in [2.45, 2.75) is 51.0 Å². The Kier molecular flexibility index (Phi) is 6.27. The van der Waals surface area contributed by atoms with Crippen LogP contribution in [0, 0.1) is 5.41 Å². The van der Waals surface area contributed by atoms with Crippen molar-refractivity contribution in [2.24, 2.45) is 5.41 Å². The third-order valence-corrected chi connectivity index (χ3v) is 6.63. The minimum Gasteiger partial charge on any atom is -0.376 e. The van der Waals surface area contributed by atoms with Crippen LogP contribution in [0.5, 0.6) is 0 Å². The molecule has 3 saturated heterocycles. The highest BCUT2D eigenvalue weighted by atomic mass is 32.2. The van der Waals surface area contributed by atoms with Gasteiger partial charge in [-0.25, -0.2) is 0 Å². The zero-order valence-electron chi connectivity index (χ0n) is 14.6. The number of ether oxygens (including phenoxy) is 1. The first-order valence-corrected chi connectivity index (χ1v) is 10.7. The summed E-state index contributed by atoms with van der Waals surface area (Å²) >= 11 is 1.94. The standard InChI is InChI=1S/C18H32N2O2S/c1-23-13-3-9-19-10-7-18(8-11-19)6-5-17(21)20(15-18)14-16-4-2-12-22-16/h16H,2-15H2,1H3/t16-/m1/s1. The minimum atomic E-state index is 0.292. The summed E-state index contributed by atoms with van der Waals surface area (Å²) in [6.07, 6.45) is 10.4. The summed E-state index contributed by atoms with van der Waals surface area (Å²) in [6.45, 7) is 6.37. The van der Waals surface area contributed by atoms with Gasteiger partial charge in [0.15, 0.2) is 0 Å². The van der Waals surface area contributed by atoms with Crippen molar-refractivity contribution in [3.63, 3.8) is 0 Å². The molecule has 0 N–H and O–H groups in total. The quantitative estimate of drug-likeness (QED) is 0.696. The van der Waals surface area contributed by atoms with E-state index in [9.17, 15) is 4.79 Å². The minimum absolute atomic E-state index is 0.292. The number of carbonyl (C=O) groups is 1. The average Bonchev–Trinajstić information content (AvgIpc) is 3.07. The first-order valence-electron chi connectivity index (χ1n) is 9.31. The van der Waals surface area contributed by atoms with Crippen molar-refractivity contribution >= 4 is 17.7 Å². The lowest BCUT2D eigenvalue weighted by molar-refractivity contribution is -0.141. The maximum absolute atomic E-state index is 12.3. The molecule has 5 heteroatoms. The van der Waals surface area contributed by atoms with Crippen molar-refractivity contribution < 1.29 is 9.53 Å². The van der Waals surface area contributed by atoms with E-state index < -0.39 is 0 Å². The highest BCUT2D eigenvalue weighted by molar-refractivity contribution is 7.98. The summed E-state index contributed by atoms with van der Waals surface area (Å²) in [5.41, 5.74) is 0.391. The van der Waals surface area contributed by atoms with Crippen LogP contribution in [0.4, 0.5) is 0 Å². The summed E-state index contributed by atoms with van der Waals surface area (Å²) in [6, 6.07) is 0. The molecule has 0 saturated carbocycles. The zero-order chi connectivity index (χ0) is 16.1. The molecule has 0 radical (unpaired) electrons. The predicted octanol–water partition coefficient (Wildman–Crippen LogP) is 2.62. The van der Waals surface area contributed by atoms with Crippen molar-refractivity contribution in [1.29, 1.82) is 0 Å². The van der Waals surface area contributed by atoms with E-state index in [1.165, 1.54) is 44.6 Å². The number of carbonyl (C=O) groups excluding carboxylic acids is 1. The number of rotatable bonds is 6. The molecule has 23 heavy (non-hydrogen) atoms. The van der Waals surface area contributed by atoms with Crippen LogP contribution in [0.2, 0.25) is 0 Å². The molecule has 0 aromatic rings. The van der Waals surface area contributed by atoms with Crippen molar-refractivity contribution in [3.05, 3.63) is 0 Å². The molecule has 3 heterocycles. The molecule has 0 aliphatic carbocycles. The van der Waals surface area contributed by atoms with Crippen molar-refractivity contribution in [3.8, 4) is 0 Å². The number of hydrogen-bond acceptors (Lipinski definition) is 4. The van der Waals surface area contributed by atoms with E-state index in [4.69, 9.17) is 4.74 Å². The Morgan fingerprint density at radius 2 is 2.13 bits per heavy atom. The van der Waals surface area contributed by atoms with Gasteiger partial charge < -0.3 is 14.5 Å². The Labute approximate surface area is 145 Å². The number of thioether (sulfide) groups is 1. The molecule has 3 aliphatic rings. The van der Waals surface area contributed by atoms with Crippen LogP contribution < -0.4 is 0 Å². The Hall–Kier alpha value is -0.260. The van der Waals surface area contributed by atoms with Gasteiger partial charge in [-0.05, 0) is 75.6 Å². The van der Waals surface area contributed by atoms with E-state index in [0.29, 0.717) is 17.4 Å². The number of piperidine rings is 2. The van der Waals surface area contributed by atoms with Gasteiger partial charge in [0.2, 0.25) is 5.91 Å². The summed E-state index contributed by atoms with van der Waals surface area (Å²) in [5.74, 6) is 1.62. The Balaban J connectivity index is 1.48. The molecule has 0 bridgehead atoms. The van der Waals surface area contributed by atoms with E-state index in [1.54, 1.807) is 0 Å². The molecule has 3 aliphatic heterocycles. The van der Waals surface area contributed by atoms with Gasteiger partial charge in [-0.15, -0.1) is 0 Å². The second-order valence-corrected chi connectivity index (χ2v) is 8.58. The lowest BCUT2D eigenvalue weighted by Gasteiger charge is -2.48. The van der Waals surface area contributed by atoms with Gasteiger partial charge in [-0.3, -0.25) is 4.79 Å². The van der Waals surface area contributed by atoms with Crippen LogP contribution in [0.3, 0.4) is 0 Å². The molecule has 3 fully saturated rings. The second kappa shape index (κ2) is 8.21. The SMILES string of the molecule is CSCCCN1CCC2(CCC(=O)N(C[C@H]3CCCO3)C2)CC1. The molecule has 4 nitrogen and oxygen atoms in total. The molecular formula is C18H32N2O2S. The fourth-order valence-corrected chi connectivity index (χ4v) is 4.81. The maximum atomic E-state index is 12.3. The fraction of sp³-hybridized carbons (Fsp3) is 0.944. The number of nitrogens with zero attached hydrogens (tertiary/aromatic N) is 2.